The van der Waals surface area contributed by atoms with Crippen LogP contribution in [0.25, 0.3) is 11.0 Å². The molecule has 0 unspecified atom stereocenters. The lowest BCUT2D eigenvalue weighted by atomic mass is 10.1. The van der Waals surface area contributed by atoms with Gasteiger partial charge in [-0.3, -0.25) is 0 Å². The van der Waals surface area contributed by atoms with Crippen LogP contribution in [0.2, 0.25) is 0 Å². The second kappa shape index (κ2) is 5.84. The number of aromatic nitrogens is 2. The van der Waals surface area contributed by atoms with E-state index in [1.54, 1.807) is 18.2 Å². The van der Waals surface area contributed by atoms with E-state index in [0.717, 1.165) is 16.6 Å². The standard InChI is InChI=1S/C15H11F2IN2S/c16-10-3-1-9(2-4-10)5-6-20-14-7-11(17)12(18)8-13(14)19-15(20)21/h1-4,7-8H,5-6H2,(H,19,21). The predicted octanol–water partition coefficient (Wildman–Crippen LogP) is 4.82. The lowest BCUT2D eigenvalue weighted by Gasteiger charge is -2.05. The molecule has 0 aliphatic carbocycles. The third kappa shape index (κ3) is 3.01. The Bertz CT molecular complexity index is 852. The zero-order chi connectivity index (χ0) is 15.0. The summed E-state index contributed by atoms with van der Waals surface area (Å²) in [6.45, 7) is 0.616. The quantitative estimate of drug-likeness (QED) is 0.480. The molecule has 0 spiro atoms. The first-order chi connectivity index (χ1) is 10.0. The van der Waals surface area contributed by atoms with E-state index in [1.807, 2.05) is 27.2 Å². The summed E-state index contributed by atoms with van der Waals surface area (Å²) in [6, 6.07) is 9.61. The third-order valence-electron chi connectivity index (χ3n) is 3.35. The fraction of sp³-hybridized carbons (Fsp3) is 0.133. The first-order valence-corrected chi connectivity index (χ1v) is 7.85. The smallest absolute Gasteiger partial charge is 0.178 e. The lowest BCUT2D eigenvalue weighted by Crippen LogP contribution is -2.01. The number of hydrogen-bond donors (Lipinski definition) is 1. The Kier molecular flexibility index (Phi) is 4.08. The number of imidazole rings is 1. The molecule has 108 valence electrons. The van der Waals surface area contributed by atoms with Crippen LogP contribution in [0.1, 0.15) is 5.56 Å². The van der Waals surface area contributed by atoms with Crippen molar-refractivity contribution in [1.82, 2.24) is 9.55 Å². The zero-order valence-corrected chi connectivity index (χ0v) is 13.8. The van der Waals surface area contributed by atoms with Gasteiger partial charge in [0.15, 0.2) is 4.77 Å². The molecule has 3 aromatic rings. The largest absolute Gasteiger partial charge is 0.331 e. The Morgan fingerprint density at radius 3 is 2.57 bits per heavy atom. The van der Waals surface area contributed by atoms with Crippen LogP contribution in [0.15, 0.2) is 36.4 Å². The number of rotatable bonds is 3. The van der Waals surface area contributed by atoms with Gasteiger partial charge in [0.25, 0.3) is 0 Å². The molecule has 0 saturated carbocycles. The van der Waals surface area contributed by atoms with Crippen LogP contribution in [0.3, 0.4) is 0 Å². The molecule has 2 nitrogen and oxygen atoms in total. The molecule has 0 saturated heterocycles. The van der Waals surface area contributed by atoms with Gasteiger partial charge in [0, 0.05) is 12.6 Å². The fourth-order valence-corrected chi connectivity index (χ4v) is 3.03. The molecular formula is C15H11F2IN2S. The summed E-state index contributed by atoms with van der Waals surface area (Å²) in [5.41, 5.74) is 2.59. The van der Waals surface area contributed by atoms with Gasteiger partial charge in [0.05, 0.1) is 14.6 Å². The highest BCUT2D eigenvalue weighted by atomic mass is 127. The van der Waals surface area contributed by atoms with Gasteiger partial charge in [0.1, 0.15) is 11.6 Å². The predicted molar refractivity (Wildman–Crippen MR) is 89.9 cm³/mol. The van der Waals surface area contributed by atoms with E-state index in [9.17, 15) is 8.78 Å². The van der Waals surface area contributed by atoms with E-state index in [-0.39, 0.29) is 11.6 Å². The van der Waals surface area contributed by atoms with Crippen LogP contribution in [0.4, 0.5) is 8.78 Å². The SMILES string of the molecule is Fc1ccc(CCn2c(=S)[nH]c3cc(I)c(F)cc32)cc1. The number of nitrogens with zero attached hydrogens (tertiary/aromatic N) is 1. The fourth-order valence-electron chi connectivity index (χ4n) is 2.27. The average molecular weight is 416 g/mol. The third-order valence-corrected chi connectivity index (χ3v) is 4.50. The highest BCUT2D eigenvalue weighted by Gasteiger charge is 2.09. The molecule has 6 heteroatoms. The first kappa shape index (κ1) is 14.6. The normalized spacial score (nSPS) is 11.2. The average Bonchev–Trinajstić information content (AvgIpc) is 2.74. The van der Waals surface area contributed by atoms with E-state index in [0.29, 0.717) is 21.3 Å². The molecule has 0 aliphatic heterocycles. The molecule has 3 rings (SSSR count). The van der Waals surface area contributed by atoms with Crippen molar-refractivity contribution < 1.29 is 8.78 Å². The van der Waals surface area contributed by atoms with Gasteiger partial charge < -0.3 is 9.55 Å². The molecule has 0 radical (unpaired) electrons. The van der Waals surface area contributed by atoms with Crippen LogP contribution >= 0.6 is 34.8 Å². The van der Waals surface area contributed by atoms with Gasteiger partial charge in [-0.1, -0.05) is 12.1 Å². The highest BCUT2D eigenvalue weighted by Crippen LogP contribution is 2.21. The molecule has 21 heavy (non-hydrogen) atoms. The van der Waals surface area contributed by atoms with Gasteiger partial charge in [-0.2, -0.15) is 0 Å². The number of nitrogens with one attached hydrogen (secondary N) is 1. The Morgan fingerprint density at radius 2 is 1.86 bits per heavy atom. The van der Waals surface area contributed by atoms with Crippen molar-refractivity contribution in [2.24, 2.45) is 0 Å². The summed E-state index contributed by atoms with van der Waals surface area (Å²) < 4.78 is 29.6. The number of aromatic amines is 1. The number of aryl methyl sites for hydroxylation is 2. The Labute approximate surface area is 138 Å². The van der Waals surface area contributed by atoms with Crippen molar-refractivity contribution in [3.63, 3.8) is 0 Å². The van der Waals surface area contributed by atoms with Crippen molar-refractivity contribution >= 4 is 45.8 Å². The number of benzene rings is 2. The number of fused-ring (bicyclic) bond motifs is 1. The lowest BCUT2D eigenvalue weighted by molar-refractivity contribution is 0.619. The Balaban J connectivity index is 1.93. The van der Waals surface area contributed by atoms with E-state index in [2.05, 4.69) is 4.98 Å². The van der Waals surface area contributed by atoms with Gasteiger partial charge >= 0.3 is 0 Å². The molecule has 0 fully saturated rings. The van der Waals surface area contributed by atoms with Gasteiger partial charge in [-0.05, 0) is 65.0 Å². The van der Waals surface area contributed by atoms with Crippen molar-refractivity contribution in [3.8, 4) is 0 Å². The molecule has 0 amide bonds. The van der Waals surface area contributed by atoms with Gasteiger partial charge in [0.2, 0.25) is 0 Å². The van der Waals surface area contributed by atoms with E-state index in [1.165, 1.54) is 18.2 Å². The minimum Gasteiger partial charge on any atom is -0.331 e. The van der Waals surface area contributed by atoms with Crippen LogP contribution in [-0.2, 0) is 13.0 Å². The topological polar surface area (TPSA) is 20.7 Å². The Hall–Kier alpha value is -1.28. The summed E-state index contributed by atoms with van der Waals surface area (Å²) in [5, 5.41) is 0. The minimum absolute atomic E-state index is 0.251. The van der Waals surface area contributed by atoms with Crippen LogP contribution in [0, 0.1) is 20.0 Å². The Morgan fingerprint density at radius 1 is 1.14 bits per heavy atom. The maximum Gasteiger partial charge on any atom is 0.178 e. The van der Waals surface area contributed by atoms with Crippen LogP contribution in [0.5, 0.6) is 0 Å². The summed E-state index contributed by atoms with van der Waals surface area (Å²) in [5.74, 6) is -0.508. The second-order valence-electron chi connectivity index (χ2n) is 4.74. The maximum atomic E-state index is 13.7. The van der Waals surface area contributed by atoms with E-state index in [4.69, 9.17) is 12.2 Å². The molecule has 1 N–H and O–H groups in total. The molecular weight excluding hydrogens is 405 g/mol. The summed E-state index contributed by atoms with van der Waals surface area (Å²) in [7, 11) is 0. The molecule has 0 bridgehead atoms. The van der Waals surface area contributed by atoms with E-state index < -0.39 is 0 Å². The number of hydrogen-bond acceptors (Lipinski definition) is 1. The summed E-state index contributed by atoms with van der Waals surface area (Å²) >= 11 is 7.25. The van der Waals surface area contributed by atoms with E-state index >= 15 is 0 Å². The van der Waals surface area contributed by atoms with Crippen LogP contribution in [-0.4, -0.2) is 9.55 Å². The maximum absolute atomic E-state index is 13.7. The summed E-state index contributed by atoms with van der Waals surface area (Å²) in [6.07, 6.45) is 0.704. The molecule has 2 aromatic carbocycles. The molecule has 1 aromatic heterocycles. The molecule has 1 heterocycles. The van der Waals surface area contributed by atoms with Gasteiger partial charge in [-0.15, -0.1) is 0 Å². The van der Waals surface area contributed by atoms with Crippen LogP contribution < -0.4 is 0 Å². The van der Waals surface area contributed by atoms with Crippen molar-refractivity contribution in [1.29, 1.82) is 0 Å². The van der Waals surface area contributed by atoms with Crippen molar-refractivity contribution in [3.05, 3.63) is 61.9 Å². The number of halogens is 3. The van der Waals surface area contributed by atoms with Gasteiger partial charge in [-0.25, -0.2) is 8.78 Å². The minimum atomic E-state index is -0.257. The zero-order valence-electron chi connectivity index (χ0n) is 10.9. The first-order valence-electron chi connectivity index (χ1n) is 6.36. The summed E-state index contributed by atoms with van der Waals surface area (Å²) in [4.78, 5) is 3.09. The van der Waals surface area contributed by atoms with Crippen molar-refractivity contribution in [2.75, 3.05) is 0 Å². The molecule has 0 atom stereocenters. The monoisotopic (exact) mass is 416 g/mol. The highest BCUT2D eigenvalue weighted by molar-refractivity contribution is 14.1. The second-order valence-corrected chi connectivity index (χ2v) is 6.29. The molecule has 0 aliphatic rings. The van der Waals surface area contributed by atoms with Crippen molar-refractivity contribution in [2.45, 2.75) is 13.0 Å². The number of H-pyrrole nitrogens is 1.